The lowest BCUT2D eigenvalue weighted by atomic mass is 9.98. The van der Waals surface area contributed by atoms with Crippen molar-refractivity contribution in [2.24, 2.45) is 0 Å². The van der Waals surface area contributed by atoms with Gasteiger partial charge in [-0.05, 0) is 96.3 Å². The van der Waals surface area contributed by atoms with Gasteiger partial charge in [0.05, 0.1) is 31.0 Å². The molecule has 54 heavy (non-hydrogen) atoms. The lowest BCUT2D eigenvalue weighted by Gasteiger charge is -2.29. The Morgan fingerprint density at radius 2 is 1.44 bits per heavy atom. The van der Waals surface area contributed by atoms with Gasteiger partial charge in [-0.1, -0.05) is 18.2 Å². The Morgan fingerprint density at radius 1 is 0.815 bits per heavy atom. The highest BCUT2D eigenvalue weighted by molar-refractivity contribution is 6.11. The van der Waals surface area contributed by atoms with Gasteiger partial charge in [-0.3, -0.25) is 19.5 Å². The number of carbonyl (C=O) groups is 4. The fourth-order valence-electron chi connectivity index (χ4n) is 5.76. The maximum atomic E-state index is 13.2. The third kappa shape index (κ3) is 9.68. The number of fused-ring (bicyclic) bond motifs is 2. The number of hydrogen-bond acceptors (Lipinski definition) is 8. The number of ether oxygens (including phenoxy) is 2. The summed E-state index contributed by atoms with van der Waals surface area (Å²) < 4.78 is 42.7. The molecule has 0 fully saturated rings. The van der Waals surface area contributed by atoms with Crippen molar-refractivity contribution in [1.82, 2.24) is 9.88 Å². The van der Waals surface area contributed by atoms with Crippen LogP contribution in [0.2, 0.25) is 0 Å². The number of carboxylic acid groups (broad SMARTS) is 2. The predicted molar refractivity (Wildman–Crippen MR) is 193 cm³/mol. The lowest BCUT2D eigenvalue weighted by Crippen LogP contribution is -2.32. The van der Waals surface area contributed by atoms with E-state index in [4.69, 9.17) is 19.4 Å². The summed E-state index contributed by atoms with van der Waals surface area (Å²) >= 11 is 0. The highest BCUT2D eigenvalue weighted by Gasteiger charge is 2.38. The van der Waals surface area contributed by atoms with E-state index in [1.54, 1.807) is 44.7 Å². The molecule has 0 atom stereocenters. The fourth-order valence-corrected chi connectivity index (χ4v) is 5.76. The minimum absolute atomic E-state index is 0.0229. The number of carboxylic acids is 2. The van der Waals surface area contributed by atoms with E-state index in [2.05, 4.69) is 32.7 Å². The van der Waals surface area contributed by atoms with Gasteiger partial charge in [-0.2, -0.15) is 13.2 Å². The van der Waals surface area contributed by atoms with Gasteiger partial charge in [0.25, 0.3) is 11.8 Å². The second-order valence-corrected chi connectivity index (χ2v) is 12.1. The molecule has 0 saturated heterocycles. The number of hydrogen-bond donors (Lipinski definition) is 4. The average molecular weight is 745 g/mol. The Kier molecular flexibility index (Phi) is 12.1. The second-order valence-electron chi connectivity index (χ2n) is 12.1. The van der Waals surface area contributed by atoms with E-state index in [-0.39, 0.29) is 16.8 Å². The van der Waals surface area contributed by atoms with Gasteiger partial charge in [0.2, 0.25) is 0 Å². The van der Waals surface area contributed by atoms with Crippen LogP contribution in [0.5, 0.6) is 11.5 Å². The Balaban J connectivity index is 0.000000730. The zero-order chi connectivity index (χ0) is 39.0. The number of nitrogens with zero attached hydrogens (tertiary/aromatic N) is 2. The minimum Gasteiger partial charge on any atom is -0.493 e. The van der Waals surface area contributed by atoms with E-state index in [1.165, 1.54) is 29.3 Å². The number of aliphatic carboxylic acids is 1. The van der Waals surface area contributed by atoms with Gasteiger partial charge >= 0.3 is 18.1 Å². The number of amides is 2. The molecule has 5 aromatic rings. The van der Waals surface area contributed by atoms with E-state index in [0.717, 1.165) is 60.4 Å². The Hall–Kier alpha value is -6.48. The molecule has 6 rings (SSSR count). The third-order valence-corrected chi connectivity index (χ3v) is 8.59. The molecule has 0 bridgehead atoms. The number of alkyl halides is 3. The first-order chi connectivity index (χ1) is 25.7. The van der Waals surface area contributed by atoms with Crippen LogP contribution in [0, 0.1) is 0 Å². The molecule has 0 radical (unpaired) electrons. The molecule has 2 heterocycles. The molecular formula is C39H35F3N4O8. The smallest absolute Gasteiger partial charge is 0.490 e. The number of rotatable bonds is 10. The number of aromatic nitrogens is 1. The standard InChI is InChI=1S/C37H34N4O6.C2HF3O2/c1-46-33-20-24-14-17-41(22-28(24)21-34(33)47-2)16-13-23-5-9-29(10-6-23)39-35(42)27-7-11-30(37(44)45)32(19-27)40-36(43)26-8-12-31-25(18-26)4-3-15-38-31;3-2(4,5)1(6)7/h3-12,15,18-21H,13-14,16-17,22H2,1-2H3,(H,39,42)(H,40,43)(H,44,45);(H,6,7). The molecule has 1 aromatic heterocycles. The van der Waals surface area contributed by atoms with Crippen molar-refractivity contribution in [2.45, 2.75) is 25.6 Å². The van der Waals surface area contributed by atoms with Crippen molar-refractivity contribution in [1.29, 1.82) is 0 Å². The summed E-state index contributed by atoms with van der Waals surface area (Å²) in [4.78, 5) is 53.7. The van der Waals surface area contributed by atoms with Gasteiger partial charge in [-0.15, -0.1) is 0 Å². The SMILES string of the molecule is COc1cc2c(cc1OC)CN(CCc1ccc(NC(=O)c3ccc(C(=O)O)c(NC(=O)c4ccc5ncccc5c4)c3)cc1)CC2.O=C(O)C(F)(F)F. The summed E-state index contributed by atoms with van der Waals surface area (Å²) in [6.07, 6.45) is -1.62. The molecule has 4 aromatic carbocycles. The number of benzene rings is 4. The maximum Gasteiger partial charge on any atom is 0.490 e. The summed E-state index contributed by atoms with van der Waals surface area (Å²) in [5.74, 6) is -3.41. The number of pyridine rings is 1. The van der Waals surface area contributed by atoms with Crippen LogP contribution in [0.25, 0.3) is 10.9 Å². The van der Waals surface area contributed by atoms with Crippen molar-refractivity contribution in [3.05, 3.63) is 125 Å². The number of anilines is 2. The number of halogens is 3. The van der Waals surface area contributed by atoms with Crippen molar-refractivity contribution >= 4 is 46.0 Å². The van der Waals surface area contributed by atoms with E-state index >= 15 is 0 Å². The monoisotopic (exact) mass is 744 g/mol. The number of nitrogens with one attached hydrogen (secondary N) is 2. The number of methoxy groups -OCH3 is 2. The predicted octanol–water partition coefficient (Wildman–Crippen LogP) is 6.69. The van der Waals surface area contributed by atoms with Gasteiger partial charge in [-0.25, -0.2) is 9.59 Å². The fraction of sp³-hybridized carbons (Fsp3) is 0.205. The van der Waals surface area contributed by atoms with Gasteiger partial charge in [0.15, 0.2) is 11.5 Å². The van der Waals surface area contributed by atoms with Crippen molar-refractivity contribution < 1.29 is 52.0 Å². The highest BCUT2D eigenvalue weighted by atomic mass is 19.4. The van der Waals surface area contributed by atoms with Gasteiger partial charge in [0.1, 0.15) is 0 Å². The van der Waals surface area contributed by atoms with Crippen molar-refractivity contribution in [2.75, 3.05) is 37.9 Å². The zero-order valence-corrected chi connectivity index (χ0v) is 29.1. The van der Waals surface area contributed by atoms with Crippen LogP contribution in [-0.2, 0) is 24.2 Å². The molecule has 15 heteroatoms. The molecule has 1 aliphatic heterocycles. The molecule has 4 N–H and O–H groups in total. The lowest BCUT2D eigenvalue weighted by molar-refractivity contribution is -0.192. The summed E-state index contributed by atoms with van der Waals surface area (Å²) in [5.41, 5.74) is 5.45. The molecule has 280 valence electrons. The molecule has 0 saturated carbocycles. The summed E-state index contributed by atoms with van der Waals surface area (Å²) in [6.45, 7) is 2.69. The Morgan fingerprint density at radius 3 is 2.09 bits per heavy atom. The quantitative estimate of drug-likeness (QED) is 0.121. The number of aromatic carboxylic acids is 1. The van der Waals surface area contributed by atoms with E-state index in [9.17, 15) is 32.7 Å². The third-order valence-electron chi connectivity index (χ3n) is 8.59. The molecule has 0 spiro atoms. The van der Waals surface area contributed by atoms with Crippen molar-refractivity contribution in [3.63, 3.8) is 0 Å². The molecular weight excluding hydrogens is 709 g/mol. The van der Waals surface area contributed by atoms with Gasteiger partial charge < -0.3 is 30.3 Å². The Bertz CT molecular complexity index is 2190. The van der Waals surface area contributed by atoms with Crippen LogP contribution in [0.3, 0.4) is 0 Å². The first-order valence-electron chi connectivity index (χ1n) is 16.5. The summed E-state index contributed by atoms with van der Waals surface area (Å²) in [7, 11) is 3.30. The topological polar surface area (TPSA) is 167 Å². The summed E-state index contributed by atoms with van der Waals surface area (Å²) in [5, 5.41) is 23.1. The van der Waals surface area contributed by atoms with Crippen LogP contribution >= 0.6 is 0 Å². The molecule has 0 unspecified atom stereocenters. The first-order valence-corrected chi connectivity index (χ1v) is 16.5. The number of carbonyl (C=O) groups excluding carboxylic acids is 2. The highest BCUT2D eigenvalue weighted by Crippen LogP contribution is 2.33. The van der Waals surface area contributed by atoms with E-state index in [0.29, 0.717) is 11.3 Å². The molecule has 0 aliphatic carbocycles. The molecule has 12 nitrogen and oxygen atoms in total. The maximum absolute atomic E-state index is 13.2. The summed E-state index contributed by atoms with van der Waals surface area (Å²) in [6, 6.07) is 24.5. The largest absolute Gasteiger partial charge is 0.493 e. The van der Waals surface area contributed by atoms with E-state index < -0.39 is 29.9 Å². The van der Waals surface area contributed by atoms with Crippen molar-refractivity contribution in [3.8, 4) is 11.5 Å². The van der Waals surface area contributed by atoms with Crippen LogP contribution in [0.15, 0.2) is 91.1 Å². The average Bonchev–Trinajstić information content (AvgIpc) is 3.16. The van der Waals surface area contributed by atoms with Crippen LogP contribution in [0.1, 0.15) is 47.8 Å². The van der Waals surface area contributed by atoms with Crippen LogP contribution in [0.4, 0.5) is 24.5 Å². The van der Waals surface area contributed by atoms with Crippen LogP contribution in [-0.4, -0.2) is 77.3 Å². The molecule has 1 aliphatic rings. The first kappa shape index (κ1) is 38.7. The normalized spacial score (nSPS) is 12.5. The zero-order valence-electron chi connectivity index (χ0n) is 29.1. The Labute approximate surface area is 307 Å². The molecule has 2 amide bonds. The minimum atomic E-state index is -5.08. The van der Waals surface area contributed by atoms with Crippen LogP contribution < -0.4 is 20.1 Å². The van der Waals surface area contributed by atoms with Gasteiger partial charge in [0, 0.05) is 48.0 Å². The van der Waals surface area contributed by atoms with E-state index in [1.807, 2.05) is 30.3 Å². The second kappa shape index (κ2) is 16.9.